The fraction of sp³-hybridized carbons (Fsp3) is 0.316. The molecular weight excluding hydrogens is 326 g/mol. The molecule has 3 aromatic rings. The molecule has 0 radical (unpaired) electrons. The van der Waals surface area contributed by atoms with Crippen LogP contribution in [0.4, 0.5) is 11.8 Å². The summed E-state index contributed by atoms with van der Waals surface area (Å²) < 4.78 is 0. The van der Waals surface area contributed by atoms with Crippen molar-refractivity contribution in [3.05, 3.63) is 54.6 Å². The van der Waals surface area contributed by atoms with Gasteiger partial charge in [-0.25, -0.2) is 9.97 Å². The van der Waals surface area contributed by atoms with Crippen molar-refractivity contribution in [2.24, 2.45) is 0 Å². The lowest BCUT2D eigenvalue weighted by molar-refractivity contribution is 0.712. The number of hydrogen-bond acceptors (Lipinski definition) is 7. The van der Waals surface area contributed by atoms with E-state index in [1.54, 1.807) is 12.4 Å². The maximum Gasteiger partial charge on any atom is 0.242 e. The van der Waals surface area contributed by atoms with Gasteiger partial charge in [0.1, 0.15) is 5.82 Å². The molecule has 7 nitrogen and oxygen atoms in total. The zero-order valence-electron chi connectivity index (χ0n) is 14.6. The van der Waals surface area contributed by atoms with E-state index in [2.05, 4.69) is 35.8 Å². The first kappa shape index (κ1) is 16.4. The Bertz CT molecular complexity index is 834. The molecule has 1 fully saturated rings. The molecule has 0 aliphatic heterocycles. The molecule has 4 rings (SSSR count). The van der Waals surface area contributed by atoms with Gasteiger partial charge >= 0.3 is 0 Å². The van der Waals surface area contributed by atoms with Crippen molar-refractivity contribution < 1.29 is 0 Å². The predicted octanol–water partition coefficient (Wildman–Crippen LogP) is 3.08. The fourth-order valence-electron chi connectivity index (χ4n) is 3.20. The molecule has 3 heterocycles. The van der Waals surface area contributed by atoms with Crippen molar-refractivity contribution >= 4 is 11.8 Å². The molecule has 0 aromatic carbocycles. The highest BCUT2D eigenvalue weighted by molar-refractivity contribution is 5.59. The molecule has 1 saturated carbocycles. The molecule has 132 valence electrons. The lowest BCUT2D eigenvalue weighted by Crippen LogP contribution is -2.22. The van der Waals surface area contributed by atoms with Gasteiger partial charge in [0.25, 0.3) is 0 Å². The third-order valence-electron chi connectivity index (χ3n) is 4.52. The molecule has 0 unspecified atom stereocenters. The average molecular weight is 347 g/mol. The van der Waals surface area contributed by atoms with Crippen molar-refractivity contribution in [3.63, 3.8) is 0 Å². The molecule has 0 saturated heterocycles. The third kappa shape index (κ3) is 3.93. The van der Waals surface area contributed by atoms with Crippen LogP contribution in [0.25, 0.3) is 11.3 Å². The smallest absolute Gasteiger partial charge is 0.242 e. The Morgan fingerprint density at radius 2 is 1.77 bits per heavy atom. The van der Waals surface area contributed by atoms with E-state index in [4.69, 9.17) is 0 Å². The number of aryl methyl sites for hydroxylation is 1. The lowest BCUT2D eigenvalue weighted by atomic mass is 10.2. The van der Waals surface area contributed by atoms with Gasteiger partial charge < -0.3 is 10.6 Å². The average Bonchev–Trinajstić information content (AvgIpc) is 3.12. The van der Waals surface area contributed by atoms with Gasteiger partial charge in [-0.1, -0.05) is 6.07 Å². The van der Waals surface area contributed by atoms with Gasteiger partial charge in [0.05, 0.1) is 17.6 Å². The van der Waals surface area contributed by atoms with Crippen LogP contribution in [0, 0.1) is 6.92 Å². The van der Waals surface area contributed by atoms with Crippen LogP contribution in [0.2, 0.25) is 0 Å². The van der Waals surface area contributed by atoms with Crippen LogP contribution in [-0.2, 0) is 0 Å². The molecule has 2 atom stereocenters. The van der Waals surface area contributed by atoms with Gasteiger partial charge in [-0.15, -0.1) is 5.10 Å². The molecule has 7 heteroatoms. The van der Waals surface area contributed by atoms with Crippen molar-refractivity contribution in [2.75, 3.05) is 10.6 Å². The van der Waals surface area contributed by atoms with E-state index in [-0.39, 0.29) is 0 Å². The highest BCUT2D eigenvalue weighted by Gasteiger charge is 2.25. The summed E-state index contributed by atoms with van der Waals surface area (Å²) in [5, 5.41) is 15.0. The van der Waals surface area contributed by atoms with Crippen LogP contribution in [-0.4, -0.2) is 37.2 Å². The van der Waals surface area contributed by atoms with Gasteiger partial charge in [-0.05, 0) is 50.5 Å². The van der Waals surface area contributed by atoms with Crippen LogP contribution in [0.3, 0.4) is 0 Å². The Morgan fingerprint density at radius 3 is 2.46 bits per heavy atom. The number of nitrogens with one attached hydrogen (secondary N) is 2. The molecule has 2 N–H and O–H groups in total. The summed E-state index contributed by atoms with van der Waals surface area (Å²) in [5.41, 5.74) is 2.77. The second kappa shape index (κ2) is 7.43. The van der Waals surface area contributed by atoms with Crippen molar-refractivity contribution in [2.45, 2.75) is 38.3 Å². The van der Waals surface area contributed by atoms with E-state index in [0.717, 1.165) is 42.0 Å². The second-order valence-corrected chi connectivity index (χ2v) is 6.57. The summed E-state index contributed by atoms with van der Waals surface area (Å²) >= 11 is 0. The number of pyridine rings is 2. The number of aromatic nitrogens is 5. The minimum Gasteiger partial charge on any atom is -0.367 e. The molecule has 3 aromatic heterocycles. The second-order valence-electron chi connectivity index (χ2n) is 6.57. The van der Waals surface area contributed by atoms with Gasteiger partial charge in [-0.2, -0.15) is 5.10 Å². The number of anilines is 2. The van der Waals surface area contributed by atoms with Crippen LogP contribution in [0.15, 0.2) is 48.9 Å². The SMILES string of the molecule is Cc1cnc(N[C@H]2CC[C@H](Nc3ccc(-c4ccccn4)cn3)C2)nn1. The summed E-state index contributed by atoms with van der Waals surface area (Å²) in [6, 6.07) is 10.7. The summed E-state index contributed by atoms with van der Waals surface area (Å²) in [6.45, 7) is 1.88. The van der Waals surface area contributed by atoms with E-state index in [1.165, 1.54) is 0 Å². The van der Waals surface area contributed by atoms with E-state index < -0.39 is 0 Å². The van der Waals surface area contributed by atoms with Gasteiger partial charge in [-0.3, -0.25) is 4.98 Å². The monoisotopic (exact) mass is 347 g/mol. The summed E-state index contributed by atoms with van der Waals surface area (Å²) in [4.78, 5) is 13.1. The summed E-state index contributed by atoms with van der Waals surface area (Å²) in [7, 11) is 0. The van der Waals surface area contributed by atoms with Crippen LogP contribution >= 0.6 is 0 Å². The summed E-state index contributed by atoms with van der Waals surface area (Å²) in [5.74, 6) is 1.49. The highest BCUT2D eigenvalue weighted by Crippen LogP contribution is 2.25. The van der Waals surface area contributed by atoms with Crippen LogP contribution in [0.1, 0.15) is 25.0 Å². The first-order valence-corrected chi connectivity index (χ1v) is 8.83. The quantitative estimate of drug-likeness (QED) is 0.733. The van der Waals surface area contributed by atoms with Crippen molar-refractivity contribution in [1.82, 2.24) is 25.1 Å². The Hall–Kier alpha value is -3.09. The number of rotatable bonds is 5. The maximum absolute atomic E-state index is 4.53. The van der Waals surface area contributed by atoms with Crippen molar-refractivity contribution in [1.29, 1.82) is 0 Å². The normalized spacial score (nSPS) is 19.3. The highest BCUT2D eigenvalue weighted by atomic mass is 15.2. The molecule has 1 aliphatic carbocycles. The minimum atomic E-state index is 0.352. The minimum absolute atomic E-state index is 0.352. The standard InChI is InChI=1S/C19H21N7/c1-13-11-22-19(26-25-13)24-16-7-6-15(10-16)23-18-8-5-14(12-21-18)17-4-2-3-9-20-17/h2-5,8-9,11-12,15-16H,6-7,10H2,1H3,(H,21,23)(H,22,24,26)/t15-,16-/m0/s1. The number of nitrogens with zero attached hydrogens (tertiary/aromatic N) is 5. The van der Waals surface area contributed by atoms with E-state index in [0.29, 0.717) is 18.0 Å². The predicted molar refractivity (Wildman–Crippen MR) is 101 cm³/mol. The topological polar surface area (TPSA) is 88.5 Å². The van der Waals surface area contributed by atoms with E-state index in [9.17, 15) is 0 Å². The van der Waals surface area contributed by atoms with Crippen molar-refractivity contribution in [3.8, 4) is 11.3 Å². The zero-order valence-corrected chi connectivity index (χ0v) is 14.6. The Balaban J connectivity index is 1.33. The lowest BCUT2D eigenvalue weighted by Gasteiger charge is -2.15. The molecule has 1 aliphatic rings. The zero-order chi connectivity index (χ0) is 17.8. The molecular formula is C19H21N7. The largest absolute Gasteiger partial charge is 0.367 e. The maximum atomic E-state index is 4.53. The van der Waals surface area contributed by atoms with Crippen LogP contribution in [0.5, 0.6) is 0 Å². The molecule has 26 heavy (non-hydrogen) atoms. The van der Waals surface area contributed by atoms with E-state index >= 15 is 0 Å². The first-order valence-electron chi connectivity index (χ1n) is 8.83. The van der Waals surface area contributed by atoms with Gasteiger partial charge in [0.15, 0.2) is 0 Å². The molecule has 0 spiro atoms. The molecule has 0 bridgehead atoms. The van der Waals surface area contributed by atoms with Gasteiger partial charge in [0.2, 0.25) is 5.95 Å². The first-order chi connectivity index (χ1) is 12.8. The van der Waals surface area contributed by atoms with Gasteiger partial charge in [0, 0.05) is 30.0 Å². The molecule has 0 amide bonds. The number of hydrogen-bond donors (Lipinski definition) is 2. The summed E-state index contributed by atoms with van der Waals surface area (Å²) in [6.07, 6.45) is 8.54. The fourth-order valence-corrected chi connectivity index (χ4v) is 3.20. The van der Waals surface area contributed by atoms with Crippen LogP contribution < -0.4 is 10.6 Å². The Kier molecular flexibility index (Phi) is 4.68. The Morgan fingerprint density at radius 1 is 0.885 bits per heavy atom. The van der Waals surface area contributed by atoms with E-state index in [1.807, 2.05) is 43.5 Å². The Labute approximate surface area is 152 Å². The third-order valence-corrected chi connectivity index (χ3v) is 4.52.